The molecule has 1 aliphatic heterocycles. The maximum Gasteiger partial charge on any atom is 0.401 e. The van der Waals surface area contributed by atoms with E-state index in [0.717, 1.165) is 25.1 Å². The van der Waals surface area contributed by atoms with Gasteiger partial charge in [-0.25, -0.2) is 0 Å². The van der Waals surface area contributed by atoms with Gasteiger partial charge in [-0.15, -0.1) is 0 Å². The minimum Gasteiger partial charge on any atom is -0.385 e. The van der Waals surface area contributed by atoms with Crippen molar-refractivity contribution >= 4 is 5.69 Å². The average molecular weight is 297 g/mol. The molecular formula is C15H18F3N3. The molecule has 1 aromatic carbocycles. The van der Waals surface area contributed by atoms with Crippen LogP contribution in [-0.2, 0) is 0 Å². The molecule has 0 bridgehead atoms. The molecule has 3 nitrogen and oxygen atoms in total. The molecular weight excluding hydrogens is 279 g/mol. The number of likely N-dealkylation sites (tertiary alicyclic amines) is 1. The summed E-state index contributed by atoms with van der Waals surface area (Å²) in [4.78, 5) is 1.47. The molecule has 1 saturated heterocycles. The molecule has 0 saturated carbocycles. The van der Waals surface area contributed by atoms with E-state index in [0.29, 0.717) is 24.6 Å². The summed E-state index contributed by atoms with van der Waals surface area (Å²) in [5.41, 5.74) is 1.55. The van der Waals surface area contributed by atoms with Crippen molar-refractivity contribution < 1.29 is 13.2 Å². The van der Waals surface area contributed by atoms with Crippen LogP contribution in [0.3, 0.4) is 0 Å². The lowest BCUT2D eigenvalue weighted by atomic mass is 9.96. The van der Waals surface area contributed by atoms with Crippen LogP contribution in [0.15, 0.2) is 24.3 Å². The van der Waals surface area contributed by atoms with E-state index in [-0.39, 0.29) is 0 Å². The highest BCUT2D eigenvalue weighted by atomic mass is 19.4. The Labute approximate surface area is 122 Å². The van der Waals surface area contributed by atoms with Gasteiger partial charge >= 0.3 is 6.18 Å². The van der Waals surface area contributed by atoms with Crippen LogP contribution in [0.25, 0.3) is 0 Å². The average Bonchev–Trinajstić information content (AvgIpc) is 2.45. The number of hydrogen-bond acceptors (Lipinski definition) is 3. The molecule has 0 aliphatic carbocycles. The van der Waals surface area contributed by atoms with Crippen LogP contribution < -0.4 is 5.32 Å². The summed E-state index contributed by atoms with van der Waals surface area (Å²) in [5.74, 6) is 0.394. The quantitative estimate of drug-likeness (QED) is 0.927. The molecule has 0 amide bonds. The van der Waals surface area contributed by atoms with Crippen molar-refractivity contribution in [1.82, 2.24) is 4.90 Å². The molecule has 21 heavy (non-hydrogen) atoms. The fourth-order valence-corrected chi connectivity index (χ4v) is 2.53. The van der Waals surface area contributed by atoms with E-state index < -0.39 is 12.7 Å². The van der Waals surface area contributed by atoms with Gasteiger partial charge in [-0.1, -0.05) is 0 Å². The van der Waals surface area contributed by atoms with Crippen molar-refractivity contribution in [2.45, 2.75) is 19.0 Å². The summed E-state index contributed by atoms with van der Waals surface area (Å²) < 4.78 is 36.9. The Morgan fingerprint density at radius 2 is 1.81 bits per heavy atom. The molecule has 0 aromatic heterocycles. The first-order valence-corrected chi connectivity index (χ1v) is 6.99. The number of nitrogens with one attached hydrogen (secondary N) is 1. The number of piperidine rings is 1. The highest BCUT2D eigenvalue weighted by molar-refractivity contribution is 5.47. The first-order valence-electron chi connectivity index (χ1n) is 6.99. The summed E-state index contributed by atoms with van der Waals surface area (Å²) in [6, 6.07) is 9.24. The lowest BCUT2D eigenvalue weighted by Gasteiger charge is -2.32. The molecule has 0 radical (unpaired) electrons. The highest BCUT2D eigenvalue weighted by Crippen LogP contribution is 2.23. The van der Waals surface area contributed by atoms with Crippen LogP contribution >= 0.6 is 0 Å². The van der Waals surface area contributed by atoms with Gasteiger partial charge in [-0.2, -0.15) is 18.4 Å². The van der Waals surface area contributed by atoms with Crippen LogP contribution in [0.5, 0.6) is 0 Å². The lowest BCUT2D eigenvalue weighted by Crippen LogP contribution is -2.41. The Morgan fingerprint density at radius 1 is 1.19 bits per heavy atom. The van der Waals surface area contributed by atoms with Gasteiger partial charge in [0, 0.05) is 12.2 Å². The Bertz CT molecular complexity index is 482. The largest absolute Gasteiger partial charge is 0.401 e. The van der Waals surface area contributed by atoms with Gasteiger partial charge in [-0.05, 0) is 56.1 Å². The van der Waals surface area contributed by atoms with E-state index in [1.165, 1.54) is 4.90 Å². The van der Waals surface area contributed by atoms with Crippen molar-refractivity contribution in [3.63, 3.8) is 0 Å². The zero-order valence-corrected chi connectivity index (χ0v) is 11.7. The molecule has 6 heteroatoms. The zero-order chi connectivity index (χ0) is 15.3. The minimum atomic E-state index is -4.10. The van der Waals surface area contributed by atoms with Gasteiger partial charge in [0.05, 0.1) is 18.2 Å². The predicted molar refractivity (Wildman–Crippen MR) is 74.9 cm³/mol. The fourth-order valence-electron chi connectivity index (χ4n) is 2.53. The summed E-state index contributed by atoms with van der Waals surface area (Å²) in [7, 11) is 0. The second-order valence-corrected chi connectivity index (χ2v) is 5.40. The lowest BCUT2D eigenvalue weighted by molar-refractivity contribution is -0.148. The molecule has 0 spiro atoms. The number of alkyl halides is 3. The molecule has 0 unspecified atom stereocenters. The molecule has 2 rings (SSSR count). The molecule has 1 aromatic rings. The standard InChI is InChI=1S/C15H18F3N3/c16-15(17,18)11-21-7-5-13(6-8-21)10-20-14-3-1-12(9-19)2-4-14/h1-4,13,20H,5-8,10-11H2. The van der Waals surface area contributed by atoms with Gasteiger partial charge in [0.1, 0.15) is 0 Å². The second-order valence-electron chi connectivity index (χ2n) is 5.40. The van der Waals surface area contributed by atoms with Crippen molar-refractivity contribution in [2.24, 2.45) is 5.92 Å². The summed E-state index contributed by atoms with van der Waals surface area (Å²) >= 11 is 0. The summed E-state index contributed by atoms with van der Waals surface area (Å²) in [6.45, 7) is 0.951. The minimum absolute atomic E-state index is 0.394. The molecule has 1 fully saturated rings. The van der Waals surface area contributed by atoms with E-state index in [9.17, 15) is 13.2 Å². The van der Waals surface area contributed by atoms with Crippen LogP contribution in [0, 0.1) is 17.2 Å². The molecule has 1 N–H and O–H groups in total. The third-order valence-electron chi connectivity index (χ3n) is 3.72. The van der Waals surface area contributed by atoms with Gasteiger partial charge in [0.2, 0.25) is 0 Å². The molecule has 114 valence electrons. The van der Waals surface area contributed by atoms with Crippen LogP contribution in [0.2, 0.25) is 0 Å². The highest BCUT2D eigenvalue weighted by Gasteiger charge is 2.32. The number of rotatable bonds is 4. The normalized spacial score (nSPS) is 17.4. The van der Waals surface area contributed by atoms with Gasteiger partial charge in [0.15, 0.2) is 0 Å². The molecule has 1 heterocycles. The molecule has 0 atom stereocenters. The Kier molecular flexibility index (Phi) is 5.07. The first kappa shape index (κ1) is 15.6. The van der Waals surface area contributed by atoms with Gasteiger partial charge in [0.25, 0.3) is 0 Å². The topological polar surface area (TPSA) is 39.1 Å². The zero-order valence-electron chi connectivity index (χ0n) is 11.7. The predicted octanol–water partition coefficient (Wildman–Crippen LogP) is 3.24. The van der Waals surface area contributed by atoms with Crippen LogP contribution in [0.1, 0.15) is 18.4 Å². The fraction of sp³-hybridized carbons (Fsp3) is 0.533. The number of nitrogens with zero attached hydrogens (tertiary/aromatic N) is 2. The number of anilines is 1. The third-order valence-corrected chi connectivity index (χ3v) is 3.72. The van der Waals surface area contributed by atoms with Crippen molar-refractivity contribution in [3.05, 3.63) is 29.8 Å². The van der Waals surface area contributed by atoms with Gasteiger partial charge in [-0.3, -0.25) is 4.90 Å². The number of benzene rings is 1. The maximum absolute atomic E-state index is 12.3. The van der Waals surface area contributed by atoms with Crippen LogP contribution in [0.4, 0.5) is 18.9 Å². The van der Waals surface area contributed by atoms with E-state index in [1.54, 1.807) is 12.1 Å². The van der Waals surface area contributed by atoms with Crippen molar-refractivity contribution in [2.75, 3.05) is 31.5 Å². The first-order chi connectivity index (χ1) is 9.96. The van der Waals surface area contributed by atoms with Crippen molar-refractivity contribution in [3.8, 4) is 6.07 Å². The number of nitriles is 1. The van der Waals surface area contributed by atoms with E-state index in [4.69, 9.17) is 5.26 Å². The van der Waals surface area contributed by atoms with E-state index in [2.05, 4.69) is 11.4 Å². The SMILES string of the molecule is N#Cc1ccc(NCC2CCN(CC(F)(F)F)CC2)cc1. The van der Waals surface area contributed by atoms with Crippen molar-refractivity contribution in [1.29, 1.82) is 5.26 Å². The summed E-state index contributed by atoms with van der Waals surface area (Å²) in [5, 5.41) is 12.0. The Balaban J connectivity index is 1.72. The third kappa shape index (κ3) is 5.27. The smallest absolute Gasteiger partial charge is 0.385 e. The number of hydrogen-bond donors (Lipinski definition) is 1. The maximum atomic E-state index is 12.3. The van der Waals surface area contributed by atoms with E-state index >= 15 is 0 Å². The Hall–Kier alpha value is -1.74. The second kappa shape index (κ2) is 6.81. The number of halogens is 3. The summed E-state index contributed by atoms with van der Waals surface area (Å²) in [6.07, 6.45) is -2.55. The molecule has 1 aliphatic rings. The van der Waals surface area contributed by atoms with Crippen LogP contribution in [-0.4, -0.2) is 37.3 Å². The monoisotopic (exact) mass is 297 g/mol. The Morgan fingerprint density at radius 3 is 2.33 bits per heavy atom. The van der Waals surface area contributed by atoms with Gasteiger partial charge < -0.3 is 5.32 Å². The van der Waals surface area contributed by atoms with E-state index in [1.807, 2.05) is 12.1 Å².